The lowest BCUT2D eigenvalue weighted by atomic mass is 9.99. The summed E-state index contributed by atoms with van der Waals surface area (Å²) in [6.07, 6.45) is 8.15. The van der Waals surface area contributed by atoms with E-state index in [2.05, 4.69) is 12.2 Å². The predicted molar refractivity (Wildman–Crippen MR) is 85.0 cm³/mol. The first-order chi connectivity index (χ1) is 10.3. The highest BCUT2D eigenvalue weighted by Crippen LogP contribution is 2.19. The molecule has 0 bridgehead atoms. The fraction of sp³-hybridized carbons (Fsp3) is 0.667. The zero-order valence-corrected chi connectivity index (χ0v) is 13.1. The minimum absolute atomic E-state index is 0.0834. The minimum atomic E-state index is -0.0834. The molecule has 0 saturated carbocycles. The highest BCUT2D eigenvalue weighted by atomic mass is 19.1. The van der Waals surface area contributed by atoms with Gasteiger partial charge in [-0.05, 0) is 63.1 Å². The summed E-state index contributed by atoms with van der Waals surface area (Å²) < 4.78 is 19.5. The van der Waals surface area contributed by atoms with E-state index in [0.29, 0.717) is 12.1 Å². The van der Waals surface area contributed by atoms with Gasteiger partial charge in [0, 0.05) is 12.6 Å². The summed E-state index contributed by atoms with van der Waals surface area (Å²) in [7, 11) is 0. The summed E-state index contributed by atoms with van der Waals surface area (Å²) in [5.74, 6) is -0.0834. The smallest absolute Gasteiger partial charge is 0.126 e. The van der Waals surface area contributed by atoms with Gasteiger partial charge in [-0.1, -0.05) is 25.1 Å². The van der Waals surface area contributed by atoms with Gasteiger partial charge in [-0.3, -0.25) is 0 Å². The van der Waals surface area contributed by atoms with Crippen LogP contribution < -0.4 is 5.32 Å². The fourth-order valence-corrected chi connectivity index (χ4v) is 3.02. The van der Waals surface area contributed by atoms with Gasteiger partial charge in [0.25, 0.3) is 0 Å². The highest BCUT2D eigenvalue weighted by Gasteiger charge is 2.17. The Labute approximate surface area is 128 Å². The monoisotopic (exact) mass is 293 g/mol. The lowest BCUT2D eigenvalue weighted by Gasteiger charge is -2.20. The minimum Gasteiger partial charge on any atom is -0.378 e. The Morgan fingerprint density at radius 3 is 2.95 bits per heavy atom. The van der Waals surface area contributed by atoms with Crippen LogP contribution in [0.5, 0.6) is 0 Å². The van der Waals surface area contributed by atoms with Gasteiger partial charge in [-0.25, -0.2) is 4.39 Å². The molecule has 1 aromatic carbocycles. The molecule has 21 heavy (non-hydrogen) atoms. The zero-order valence-electron chi connectivity index (χ0n) is 13.1. The number of halogens is 1. The Morgan fingerprint density at radius 1 is 1.38 bits per heavy atom. The Bertz CT molecular complexity index is 404. The zero-order chi connectivity index (χ0) is 14.9. The van der Waals surface area contributed by atoms with Gasteiger partial charge in [-0.2, -0.15) is 0 Å². The molecule has 0 aromatic heterocycles. The van der Waals surface area contributed by atoms with Gasteiger partial charge < -0.3 is 10.1 Å². The maximum Gasteiger partial charge on any atom is 0.126 e. The first kappa shape index (κ1) is 16.4. The summed E-state index contributed by atoms with van der Waals surface area (Å²) in [5.41, 5.74) is 0.822. The molecule has 0 radical (unpaired) electrons. The van der Waals surface area contributed by atoms with Gasteiger partial charge in [0.1, 0.15) is 5.82 Å². The molecule has 118 valence electrons. The van der Waals surface area contributed by atoms with Crippen LogP contribution in [0.2, 0.25) is 0 Å². The molecule has 1 heterocycles. The standard InChI is InChI=1S/C18H28FNO/c1-2-12-20-16(8-5-9-17-10-6-13-21-17)14-15-7-3-4-11-18(15)19/h3-4,7,11,16-17,20H,2,5-6,8-10,12-14H2,1H3. The number of hydrogen-bond donors (Lipinski definition) is 1. The summed E-state index contributed by atoms with van der Waals surface area (Å²) in [6.45, 7) is 4.09. The molecular formula is C18H28FNO. The van der Waals surface area contributed by atoms with E-state index in [1.165, 1.54) is 12.8 Å². The number of benzene rings is 1. The molecule has 2 atom stereocenters. The third-order valence-electron chi connectivity index (χ3n) is 4.21. The molecule has 2 nitrogen and oxygen atoms in total. The first-order valence-corrected chi connectivity index (χ1v) is 8.38. The average Bonchev–Trinajstić information content (AvgIpc) is 3.00. The van der Waals surface area contributed by atoms with E-state index < -0.39 is 0 Å². The Hall–Kier alpha value is -0.930. The van der Waals surface area contributed by atoms with Crippen LogP contribution >= 0.6 is 0 Å². The SMILES string of the molecule is CCCNC(CCCC1CCCO1)Cc1ccccc1F. The molecule has 1 aliphatic heterocycles. The fourth-order valence-electron chi connectivity index (χ4n) is 3.02. The molecule has 1 fully saturated rings. The van der Waals surface area contributed by atoms with Gasteiger partial charge >= 0.3 is 0 Å². The van der Waals surface area contributed by atoms with Crippen molar-refractivity contribution in [2.75, 3.05) is 13.2 Å². The van der Waals surface area contributed by atoms with Crippen molar-refractivity contribution in [1.29, 1.82) is 0 Å². The van der Waals surface area contributed by atoms with Gasteiger partial charge in [-0.15, -0.1) is 0 Å². The van der Waals surface area contributed by atoms with Crippen LogP contribution in [0.25, 0.3) is 0 Å². The molecule has 2 rings (SSSR count). The molecule has 0 aliphatic carbocycles. The molecule has 3 heteroatoms. The van der Waals surface area contributed by atoms with Gasteiger partial charge in [0.15, 0.2) is 0 Å². The molecule has 0 amide bonds. The van der Waals surface area contributed by atoms with E-state index in [-0.39, 0.29) is 5.82 Å². The van der Waals surface area contributed by atoms with Crippen LogP contribution in [0.1, 0.15) is 51.0 Å². The Balaban J connectivity index is 1.80. The normalized spacial score (nSPS) is 19.8. The van der Waals surface area contributed by atoms with E-state index in [1.807, 2.05) is 12.1 Å². The molecule has 1 aliphatic rings. The maximum absolute atomic E-state index is 13.8. The van der Waals surface area contributed by atoms with Crippen molar-refractivity contribution in [3.05, 3.63) is 35.6 Å². The average molecular weight is 293 g/mol. The van der Waals surface area contributed by atoms with Crippen LogP contribution in [-0.2, 0) is 11.2 Å². The van der Waals surface area contributed by atoms with Crippen molar-refractivity contribution in [3.63, 3.8) is 0 Å². The summed E-state index contributed by atoms with van der Waals surface area (Å²) in [5, 5.41) is 3.56. The number of rotatable bonds is 9. The second-order valence-corrected chi connectivity index (χ2v) is 6.01. The van der Waals surface area contributed by atoms with Gasteiger partial charge in [0.2, 0.25) is 0 Å². The molecule has 1 N–H and O–H groups in total. The van der Waals surface area contributed by atoms with Crippen LogP contribution in [0.15, 0.2) is 24.3 Å². The van der Waals surface area contributed by atoms with Crippen molar-refractivity contribution in [2.45, 2.75) is 64.0 Å². The van der Waals surface area contributed by atoms with Crippen molar-refractivity contribution in [1.82, 2.24) is 5.32 Å². The quantitative estimate of drug-likeness (QED) is 0.740. The number of hydrogen-bond acceptors (Lipinski definition) is 2. The van der Waals surface area contributed by atoms with Crippen LogP contribution in [0, 0.1) is 5.82 Å². The third kappa shape index (κ3) is 5.76. The molecule has 0 spiro atoms. The second kappa shape index (κ2) is 9.16. The third-order valence-corrected chi connectivity index (χ3v) is 4.21. The van der Waals surface area contributed by atoms with Crippen LogP contribution in [0.3, 0.4) is 0 Å². The van der Waals surface area contributed by atoms with E-state index in [9.17, 15) is 4.39 Å². The molecule has 2 unspecified atom stereocenters. The first-order valence-electron chi connectivity index (χ1n) is 8.38. The summed E-state index contributed by atoms with van der Waals surface area (Å²) in [4.78, 5) is 0. The van der Waals surface area contributed by atoms with Crippen molar-refractivity contribution in [2.24, 2.45) is 0 Å². The van der Waals surface area contributed by atoms with Crippen molar-refractivity contribution < 1.29 is 9.13 Å². The van der Waals surface area contributed by atoms with Crippen LogP contribution in [0.4, 0.5) is 4.39 Å². The second-order valence-electron chi connectivity index (χ2n) is 6.01. The number of nitrogens with one attached hydrogen (secondary N) is 1. The molecule has 1 aromatic rings. The van der Waals surface area contributed by atoms with E-state index >= 15 is 0 Å². The number of ether oxygens (including phenoxy) is 1. The largest absolute Gasteiger partial charge is 0.378 e. The van der Waals surface area contributed by atoms with Crippen LogP contribution in [-0.4, -0.2) is 25.3 Å². The van der Waals surface area contributed by atoms with Gasteiger partial charge in [0.05, 0.1) is 6.10 Å². The Kier molecular flexibility index (Phi) is 7.17. The summed E-state index contributed by atoms with van der Waals surface area (Å²) >= 11 is 0. The maximum atomic E-state index is 13.8. The van der Waals surface area contributed by atoms with Crippen molar-refractivity contribution >= 4 is 0 Å². The molecular weight excluding hydrogens is 265 g/mol. The molecule has 1 saturated heterocycles. The van der Waals surface area contributed by atoms with Crippen molar-refractivity contribution in [3.8, 4) is 0 Å². The summed E-state index contributed by atoms with van der Waals surface area (Å²) in [6, 6.07) is 7.49. The van der Waals surface area contributed by atoms with E-state index in [4.69, 9.17) is 4.74 Å². The lowest BCUT2D eigenvalue weighted by molar-refractivity contribution is 0.101. The predicted octanol–water partition coefficient (Wildman–Crippen LogP) is 4.09. The van der Waals surface area contributed by atoms with E-state index in [0.717, 1.165) is 50.8 Å². The lowest BCUT2D eigenvalue weighted by Crippen LogP contribution is -2.32. The van der Waals surface area contributed by atoms with E-state index in [1.54, 1.807) is 12.1 Å². The Morgan fingerprint density at radius 2 is 2.24 bits per heavy atom. The topological polar surface area (TPSA) is 21.3 Å². The highest BCUT2D eigenvalue weighted by molar-refractivity contribution is 5.18.